The van der Waals surface area contributed by atoms with Crippen LogP contribution in [0.5, 0.6) is 0 Å². The quantitative estimate of drug-likeness (QED) is 0.292. The highest BCUT2D eigenvalue weighted by Gasteiger charge is 2.66. The molecule has 0 bridgehead atoms. The van der Waals surface area contributed by atoms with E-state index in [2.05, 4.69) is 35.8 Å². The van der Waals surface area contributed by atoms with Crippen LogP contribution in [0.15, 0.2) is 31.0 Å². The van der Waals surface area contributed by atoms with E-state index >= 15 is 0 Å². The van der Waals surface area contributed by atoms with E-state index in [4.69, 9.17) is 16.3 Å². The van der Waals surface area contributed by atoms with Crippen LogP contribution in [0.4, 0.5) is 28.6 Å². The first kappa shape index (κ1) is 27.2. The van der Waals surface area contributed by atoms with Gasteiger partial charge in [-0.15, -0.1) is 0 Å². The Bertz CT molecular complexity index is 1840. The molecule has 2 fully saturated rings. The van der Waals surface area contributed by atoms with Crippen molar-refractivity contribution in [2.24, 2.45) is 0 Å². The van der Waals surface area contributed by atoms with Crippen molar-refractivity contribution in [3.05, 3.63) is 64.2 Å². The number of benzene rings is 1. The average Bonchev–Trinajstić information content (AvgIpc) is 3.52. The normalized spacial score (nSPS) is 21.5. The van der Waals surface area contributed by atoms with E-state index in [1.165, 1.54) is 12.5 Å². The number of nitrogens with one attached hydrogen (secondary N) is 3. The molecule has 3 N–H and O–H groups in total. The molecule has 1 spiro atoms. The molecule has 228 valence electrons. The number of carbonyl (C=O) groups excluding carboxylic acids is 2. The highest BCUT2D eigenvalue weighted by Crippen LogP contribution is 2.59. The summed E-state index contributed by atoms with van der Waals surface area (Å²) in [5.74, 6) is 0.728. The summed E-state index contributed by atoms with van der Waals surface area (Å²) in [5, 5.41) is 13.8. The van der Waals surface area contributed by atoms with Crippen LogP contribution in [0.2, 0.25) is 5.02 Å². The van der Waals surface area contributed by atoms with Crippen LogP contribution in [-0.4, -0.2) is 66.0 Å². The van der Waals surface area contributed by atoms with Crippen molar-refractivity contribution in [1.82, 2.24) is 39.9 Å². The second kappa shape index (κ2) is 9.30. The number of hydrogen-bond donors (Lipinski definition) is 3. The highest BCUT2D eigenvalue weighted by atomic mass is 35.5. The number of rotatable bonds is 2. The standard InChI is InChI=1S/C28H25ClF3N9O3/c29-18-7-14-8-19(37-24(42)40-5-3-27(4-6-40)17-10-33-13-35-22(17)38-25(43)44-27)23-34-11-20(26(1-2-26)28(30,31)32)41(23)12-16(14)15-9-36-39-21(15)18/h7,9-11,13,19H,1-6,8,12H2,(H,36,39)(H,37,42)(H,33,35,38,43)/t19-/m1/s1. The summed E-state index contributed by atoms with van der Waals surface area (Å²) in [7, 11) is 0. The molecule has 0 radical (unpaired) electrons. The lowest BCUT2D eigenvalue weighted by Gasteiger charge is -2.43. The topological polar surface area (TPSA) is 143 Å². The van der Waals surface area contributed by atoms with Crippen LogP contribution in [0.1, 0.15) is 59.9 Å². The monoisotopic (exact) mass is 627 g/mol. The molecule has 1 aliphatic carbocycles. The minimum atomic E-state index is -4.44. The highest BCUT2D eigenvalue weighted by molar-refractivity contribution is 6.35. The number of hydrogen-bond acceptors (Lipinski definition) is 7. The number of fused-ring (bicyclic) bond motifs is 6. The molecule has 1 saturated heterocycles. The molecule has 1 aromatic carbocycles. The van der Waals surface area contributed by atoms with E-state index in [0.717, 1.165) is 11.1 Å². The summed E-state index contributed by atoms with van der Waals surface area (Å²) in [6.45, 7) is 0.648. The fraction of sp³-hybridized carbons (Fsp3) is 0.429. The predicted molar refractivity (Wildman–Crippen MR) is 149 cm³/mol. The van der Waals surface area contributed by atoms with Crippen molar-refractivity contribution in [3.8, 4) is 0 Å². The van der Waals surface area contributed by atoms with Gasteiger partial charge in [-0.3, -0.25) is 10.4 Å². The van der Waals surface area contributed by atoms with E-state index < -0.39 is 35.4 Å². The Morgan fingerprint density at radius 2 is 1.93 bits per heavy atom. The maximum atomic E-state index is 14.3. The molecule has 44 heavy (non-hydrogen) atoms. The summed E-state index contributed by atoms with van der Waals surface area (Å²) < 4.78 is 50.2. The SMILES string of the molecule is O=C1Nc2ncncc2C2(CCN(C(=O)N[C@@H]3Cc4cc(Cl)c5[nH]ncc5c4Cn4c(C5(C(F)(F)F)CC5)cnc43)CC2)O1. The summed E-state index contributed by atoms with van der Waals surface area (Å²) in [6, 6.07) is 0.639. The number of halogens is 4. The van der Waals surface area contributed by atoms with Crippen molar-refractivity contribution in [1.29, 1.82) is 0 Å². The number of H-pyrrole nitrogens is 1. The van der Waals surface area contributed by atoms with Crippen molar-refractivity contribution in [3.63, 3.8) is 0 Å². The predicted octanol–water partition coefficient (Wildman–Crippen LogP) is 4.71. The molecule has 12 nitrogen and oxygen atoms in total. The lowest BCUT2D eigenvalue weighted by molar-refractivity contribution is -0.162. The number of amides is 3. The Hall–Kier alpha value is -4.40. The number of ether oxygens (including phenoxy) is 1. The summed E-state index contributed by atoms with van der Waals surface area (Å²) in [5.41, 5.74) is -0.0263. The Balaban J connectivity index is 1.11. The van der Waals surface area contributed by atoms with Gasteiger partial charge in [-0.05, 0) is 30.0 Å². The maximum Gasteiger partial charge on any atom is 0.413 e. The minimum Gasteiger partial charge on any atom is -0.437 e. The zero-order valence-corrected chi connectivity index (χ0v) is 23.8. The zero-order chi connectivity index (χ0) is 30.4. The number of anilines is 1. The first-order valence-corrected chi connectivity index (χ1v) is 14.6. The number of aromatic nitrogens is 6. The molecule has 4 aromatic rings. The number of likely N-dealkylation sites (tertiary alicyclic amines) is 1. The summed E-state index contributed by atoms with van der Waals surface area (Å²) >= 11 is 6.55. The van der Waals surface area contributed by atoms with Gasteiger partial charge < -0.3 is 19.5 Å². The van der Waals surface area contributed by atoms with Gasteiger partial charge in [0.05, 0.1) is 40.6 Å². The number of imidazole rings is 1. The average molecular weight is 628 g/mol. The molecular weight excluding hydrogens is 603 g/mol. The van der Waals surface area contributed by atoms with Crippen LogP contribution < -0.4 is 10.6 Å². The third-order valence-electron chi connectivity index (χ3n) is 9.48. The van der Waals surface area contributed by atoms with Crippen molar-refractivity contribution in [2.75, 3.05) is 18.4 Å². The number of piperidine rings is 1. The molecule has 0 unspecified atom stereocenters. The molecule has 6 heterocycles. The van der Waals surface area contributed by atoms with Gasteiger partial charge in [-0.1, -0.05) is 11.6 Å². The molecule has 1 saturated carbocycles. The number of aromatic amines is 1. The maximum absolute atomic E-state index is 14.3. The summed E-state index contributed by atoms with van der Waals surface area (Å²) in [6.07, 6.45) is 1.69. The van der Waals surface area contributed by atoms with E-state index in [1.54, 1.807) is 27.9 Å². The summed E-state index contributed by atoms with van der Waals surface area (Å²) in [4.78, 5) is 40.3. The van der Waals surface area contributed by atoms with E-state index in [1.807, 2.05) is 0 Å². The van der Waals surface area contributed by atoms with Crippen molar-refractivity contribution < 1.29 is 27.5 Å². The number of nitrogens with zero attached hydrogens (tertiary/aromatic N) is 6. The molecule has 8 rings (SSSR count). The van der Waals surface area contributed by atoms with Gasteiger partial charge >= 0.3 is 18.3 Å². The smallest absolute Gasteiger partial charge is 0.413 e. The fourth-order valence-corrected chi connectivity index (χ4v) is 7.24. The molecule has 1 atom stereocenters. The van der Waals surface area contributed by atoms with E-state index in [9.17, 15) is 22.8 Å². The minimum absolute atomic E-state index is 0.0168. The van der Waals surface area contributed by atoms with Gasteiger partial charge in [0.2, 0.25) is 0 Å². The van der Waals surface area contributed by atoms with Crippen LogP contribution in [0.25, 0.3) is 10.9 Å². The lowest BCUT2D eigenvalue weighted by Crippen LogP contribution is -2.52. The second-order valence-corrected chi connectivity index (χ2v) is 12.2. The van der Waals surface area contributed by atoms with Gasteiger partial charge in [-0.2, -0.15) is 18.3 Å². The van der Waals surface area contributed by atoms with Crippen LogP contribution in [-0.2, 0) is 28.7 Å². The molecule has 3 aliphatic heterocycles. The molecule has 3 aromatic heterocycles. The van der Waals surface area contributed by atoms with Gasteiger partial charge in [0.15, 0.2) is 0 Å². The van der Waals surface area contributed by atoms with Crippen LogP contribution >= 0.6 is 11.6 Å². The Labute approximate surface area is 252 Å². The zero-order valence-electron chi connectivity index (χ0n) is 23.0. The van der Waals surface area contributed by atoms with Gasteiger partial charge in [-0.25, -0.2) is 24.5 Å². The molecule has 3 amide bonds. The number of urea groups is 1. The van der Waals surface area contributed by atoms with Crippen molar-refractivity contribution >= 4 is 40.4 Å². The van der Waals surface area contributed by atoms with E-state index in [0.29, 0.717) is 46.0 Å². The Morgan fingerprint density at radius 3 is 2.68 bits per heavy atom. The Morgan fingerprint density at radius 1 is 1.14 bits per heavy atom. The Kier molecular flexibility index (Phi) is 5.74. The van der Waals surface area contributed by atoms with Crippen molar-refractivity contribution in [2.45, 2.75) is 61.9 Å². The fourth-order valence-electron chi connectivity index (χ4n) is 6.96. The molecule has 4 aliphatic rings. The van der Waals surface area contributed by atoms with E-state index in [-0.39, 0.29) is 44.6 Å². The third kappa shape index (κ3) is 3.97. The number of alkyl halides is 3. The molecular formula is C28H25ClF3N9O3. The first-order valence-electron chi connectivity index (χ1n) is 14.2. The third-order valence-corrected chi connectivity index (χ3v) is 9.78. The van der Waals surface area contributed by atoms with Crippen LogP contribution in [0.3, 0.4) is 0 Å². The van der Waals surface area contributed by atoms with Gasteiger partial charge in [0, 0.05) is 50.1 Å². The van der Waals surface area contributed by atoms with Gasteiger partial charge in [0.1, 0.15) is 29.0 Å². The second-order valence-electron chi connectivity index (χ2n) is 11.8. The largest absolute Gasteiger partial charge is 0.437 e. The van der Waals surface area contributed by atoms with Crippen LogP contribution in [0, 0.1) is 0 Å². The first-order chi connectivity index (χ1) is 21.1. The van der Waals surface area contributed by atoms with Gasteiger partial charge in [0.25, 0.3) is 0 Å². The lowest BCUT2D eigenvalue weighted by atomic mass is 9.84. The number of carbonyl (C=O) groups is 2. The molecule has 16 heteroatoms.